The van der Waals surface area contributed by atoms with Crippen molar-refractivity contribution in [2.75, 3.05) is 13.2 Å². The number of benzene rings is 2. The molecule has 33 heavy (non-hydrogen) atoms. The molecule has 2 fully saturated rings. The van der Waals surface area contributed by atoms with Gasteiger partial charge in [0.1, 0.15) is 12.2 Å². The van der Waals surface area contributed by atoms with Gasteiger partial charge in [0.2, 0.25) is 0 Å². The SMILES string of the molecule is CCOc1cccc2c1O[C@@H]1C(=C2)C(=O)C2=Cc3cccc(OCC)c3O[C@H]2C12CCCC2. The fourth-order valence-corrected chi connectivity index (χ4v) is 6.02. The molecule has 0 unspecified atom stereocenters. The van der Waals surface area contributed by atoms with Crippen molar-refractivity contribution in [2.45, 2.75) is 51.7 Å². The van der Waals surface area contributed by atoms with Crippen LogP contribution in [-0.2, 0) is 4.79 Å². The van der Waals surface area contributed by atoms with Gasteiger partial charge in [0.05, 0.1) is 18.6 Å². The highest BCUT2D eigenvalue weighted by Gasteiger charge is 2.60. The quantitative estimate of drug-likeness (QED) is 0.613. The van der Waals surface area contributed by atoms with E-state index in [1.54, 1.807) is 0 Å². The van der Waals surface area contributed by atoms with Gasteiger partial charge in [0, 0.05) is 22.3 Å². The highest BCUT2D eigenvalue weighted by atomic mass is 16.5. The summed E-state index contributed by atoms with van der Waals surface area (Å²) in [5, 5.41) is 0. The second-order valence-electron chi connectivity index (χ2n) is 9.18. The maximum atomic E-state index is 13.8. The van der Waals surface area contributed by atoms with Gasteiger partial charge in [-0.3, -0.25) is 4.79 Å². The molecule has 0 N–H and O–H groups in total. The van der Waals surface area contributed by atoms with E-state index in [1.165, 1.54) is 0 Å². The third-order valence-electron chi connectivity index (χ3n) is 7.38. The Balaban J connectivity index is 1.52. The number of fused-ring (bicyclic) bond motifs is 6. The largest absolute Gasteiger partial charge is 0.490 e. The number of carbonyl (C=O) groups excluding carboxylic acids is 1. The van der Waals surface area contributed by atoms with Gasteiger partial charge < -0.3 is 18.9 Å². The lowest BCUT2D eigenvalue weighted by Crippen LogP contribution is -2.58. The average Bonchev–Trinajstić information content (AvgIpc) is 3.33. The van der Waals surface area contributed by atoms with Crippen molar-refractivity contribution in [1.29, 1.82) is 0 Å². The highest BCUT2D eigenvalue weighted by Crippen LogP contribution is 2.58. The van der Waals surface area contributed by atoms with E-state index in [2.05, 4.69) is 0 Å². The van der Waals surface area contributed by atoms with Gasteiger partial charge in [0.25, 0.3) is 0 Å². The molecule has 2 aromatic rings. The molecule has 5 nitrogen and oxygen atoms in total. The summed E-state index contributed by atoms with van der Waals surface area (Å²) in [6, 6.07) is 11.7. The summed E-state index contributed by atoms with van der Waals surface area (Å²) in [5.74, 6) is 2.92. The monoisotopic (exact) mass is 444 g/mol. The van der Waals surface area contributed by atoms with Gasteiger partial charge in [-0.05, 0) is 51.0 Å². The molecule has 2 atom stereocenters. The number of ketones is 1. The topological polar surface area (TPSA) is 54.0 Å². The standard InChI is InChI=1S/C28H28O5/c1-3-30-21-11-7-9-17-15-19-23(29)20-16-18-10-8-12-22(31-4-2)25(18)33-27(20)28(13-5-6-14-28)26(19)32-24(17)21/h7-12,15-16,26-27H,3-6,13-14H2,1-2H3/t26-,27-/m1/s1. The van der Waals surface area contributed by atoms with E-state index in [4.69, 9.17) is 18.9 Å². The predicted molar refractivity (Wildman–Crippen MR) is 126 cm³/mol. The summed E-state index contributed by atoms with van der Waals surface area (Å²) in [6.07, 6.45) is 7.39. The zero-order valence-electron chi connectivity index (χ0n) is 19.1. The van der Waals surface area contributed by atoms with Crippen LogP contribution in [-0.4, -0.2) is 31.2 Å². The zero-order chi connectivity index (χ0) is 22.6. The van der Waals surface area contributed by atoms with Crippen LogP contribution < -0.4 is 18.9 Å². The number of para-hydroxylation sites is 2. The second kappa shape index (κ2) is 7.68. The molecular weight excluding hydrogens is 416 g/mol. The van der Waals surface area contributed by atoms with E-state index < -0.39 is 0 Å². The van der Waals surface area contributed by atoms with Crippen molar-refractivity contribution < 1.29 is 23.7 Å². The van der Waals surface area contributed by atoms with E-state index in [0.29, 0.717) is 13.2 Å². The van der Waals surface area contributed by atoms with Crippen LogP contribution in [0.4, 0.5) is 0 Å². The van der Waals surface area contributed by atoms with Crippen LogP contribution in [0, 0.1) is 5.41 Å². The van der Waals surface area contributed by atoms with Crippen LogP contribution >= 0.6 is 0 Å². The Labute approximate surface area is 194 Å². The van der Waals surface area contributed by atoms with E-state index in [1.807, 2.05) is 62.4 Å². The lowest BCUT2D eigenvalue weighted by atomic mass is 9.62. The van der Waals surface area contributed by atoms with E-state index in [9.17, 15) is 4.79 Å². The number of carbonyl (C=O) groups is 1. The first-order valence-electron chi connectivity index (χ1n) is 12.0. The average molecular weight is 445 g/mol. The van der Waals surface area contributed by atoms with Crippen molar-refractivity contribution in [3.63, 3.8) is 0 Å². The van der Waals surface area contributed by atoms with Gasteiger partial charge >= 0.3 is 0 Å². The lowest BCUT2D eigenvalue weighted by molar-refractivity contribution is -0.120. The van der Waals surface area contributed by atoms with E-state index in [0.717, 1.165) is 71.0 Å². The van der Waals surface area contributed by atoms with Crippen LogP contribution in [0.5, 0.6) is 23.0 Å². The molecule has 2 aromatic carbocycles. The predicted octanol–water partition coefficient (Wildman–Crippen LogP) is 5.62. The highest BCUT2D eigenvalue weighted by molar-refractivity contribution is 6.17. The fourth-order valence-electron chi connectivity index (χ4n) is 6.02. The summed E-state index contributed by atoms with van der Waals surface area (Å²) in [7, 11) is 0. The van der Waals surface area contributed by atoms with Gasteiger partial charge in [-0.1, -0.05) is 37.1 Å². The Morgan fingerprint density at radius 1 is 0.818 bits per heavy atom. The van der Waals surface area contributed by atoms with Crippen molar-refractivity contribution in [3.05, 3.63) is 58.7 Å². The third-order valence-corrected chi connectivity index (χ3v) is 7.38. The Hall–Kier alpha value is -3.21. The molecule has 6 rings (SSSR count). The smallest absolute Gasteiger partial charge is 0.192 e. The summed E-state index contributed by atoms with van der Waals surface area (Å²) < 4.78 is 25.1. The normalized spacial score (nSPS) is 23.8. The number of rotatable bonds is 4. The third kappa shape index (κ3) is 2.94. The van der Waals surface area contributed by atoms with Gasteiger partial charge in [-0.2, -0.15) is 0 Å². The molecule has 4 aliphatic rings. The maximum absolute atomic E-state index is 13.8. The molecule has 170 valence electrons. The summed E-state index contributed by atoms with van der Waals surface area (Å²) in [4.78, 5) is 13.8. The van der Waals surface area contributed by atoms with Crippen molar-refractivity contribution >= 4 is 17.9 Å². The minimum atomic E-state index is -0.357. The van der Waals surface area contributed by atoms with Crippen LogP contribution in [0.2, 0.25) is 0 Å². The van der Waals surface area contributed by atoms with Crippen molar-refractivity contribution in [2.24, 2.45) is 5.41 Å². The maximum Gasteiger partial charge on any atom is 0.192 e. The number of hydrogen-bond acceptors (Lipinski definition) is 5. The Kier molecular flexibility index (Phi) is 4.75. The minimum Gasteiger partial charge on any atom is -0.490 e. The zero-order valence-corrected chi connectivity index (χ0v) is 19.1. The molecule has 2 aliphatic carbocycles. The number of ether oxygens (including phenoxy) is 4. The molecule has 1 spiro atoms. The number of Topliss-reactive ketones (excluding diaryl/α,β-unsaturated/α-hetero) is 1. The van der Waals surface area contributed by atoms with Crippen LogP contribution in [0.3, 0.4) is 0 Å². The minimum absolute atomic E-state index is 0.0162. The molecule has 2 saturated carbocycles. The summed E-state index contributed by atoms with van der Waals surface area (Å²) in [6.45, 7) is 5.04. The van der Waals surface area contributed by atoms with E-state index >= 15 is 0 Å². The molecule has 5 heteroatoms. The molecule has 0 radical (unpaired) electrons. The Bertz CT molecular complexity index is 1100. The van der Waals surface area contributed by atoms with Gasteiger partial charge in [0.15, 0.2) is 28.8 Å². The first-order valence-corrected chi connectivity index (χ1v) is 12.0. The molecular formula is C28H28O5. The Morgan fingerprint density at radius 2 is 1.30 bits per heavy atom. The number of hydrogen-bond donors (Lipinski definition) is 0. The first-order chi connectivity index (χ1) is 16.2. The molecule has 2 aliphatic heterocycles. The molecule has 2 heterocycles. The summed E-state index contributed by atoms with van der Waals surface area (Å²) in [5.41, 5.74) is 2.94. The van der Waals surface area contributed by atoms with Gasteiger partial charge in [-0.25, -0.2) is 0 Å². The molecule has 0 saturated heterocycles. The van der Waals surface area contributed by atoms with Gasteiger partial charge in [-0.15, -0.1) is 0 Å². The van der Waals surface area contributed by atoms with Crippen molar-refractivity contribution in [1.82, 2.24) is 0 Å². The van der Waals surface area contributed by atoms with Crippen LogP contribution in [0.25, 0.3) is 12.2 Å². The van der Waals surface area contributed by atoms with Crippen LogP contribution in [0.1, 0.15) is 50.7 Å². The van der Waals surface area contributed by atoms with Crippen LogP contribution in [0.15, 0.2) is 47.5 Å². The molecule has 0 amide bonds. The summed E-state index contributed by atoms with van der Waals surface area (Å²) >= 11 is 0. The first kappa shape index (κ1) is 20.4. The van der Waals surface area contributed by atoms with E-state index in [-0.39, 0.29) is 23.4 Å². The second-order valence-corrected chi connectivity index (χ2v) is 9.18. The Morgan fingerprint density at radius 3 is 1.76 bits per heavy atom. The lowest BCUT2D eigenvalue weighted by Gasteiger charge is -2.50. The molecule has 0 bridgehead atoms. The fraction of sp³-hybridized carbons (Fsp3) is 0.393. The van der Waals surface area contributed by atoms with Crippen molar-refractivity contribution in [3.8, 4) is 23.0 Å². The molecule has 0 aromatic heterocycles.